The van der Waals surface area contributed by atoms with Gasteiger partial charge in [0.15, 0.2) is 5.78 Å². The third-order valence-corrected chi connectivity index (χ3v) is 4.45. The first kappa shape index (κ1) is 21.7. The number of methoxy groups -OCH3 is 2. The minimum atomic E-state index is -1.41. The van der Waals surface area contributed by atoms with Crippen LogP contribution in [0.15, 0.2) is 46.6 Å². The number of carbonyl (C=O) groups excluding carboxylic acids is 2. The molecule has 0 N–H and O–H groups in total. The molecular formula is C19H19Cl2N3O4. The van der Waals surface area contributed by atoms with Crippen LogP contribution in [0.3, 0.4) is 0 Å². The highest BCUT2D eigenvalue weighted by atomic mass is 35.5. The van der Waals surface area contributed by atoms with E-state index < -0.39 is 17.7 Å². The molecule has 0 aliphatic heterocycles. The van der Waals surface area contributed by atoms with Gasteiger partial charge < -0.3 is 9.47 Å². The lowest BCUT2D eigenvalue weighted by Gasteiger charge is -2.19. The molecule has 9 heteroatoms. The Morgan fingerprint density at radius 1 is 1.11 bits per heavy atom. The van der Waals surface area contributed by atoms with E-state index in [2.05, 4.69) is 10.2 Å². The Hall–Kier alpha value is -2.64. The molecule has 28 heavy (non-hydrogen) atoms. The molecule has 2 aromatic carbocycles. The SMILES string of the molecule is COc1ccc(N(Cl)C(=O)C(N=Nc2cc(Cl)ccc2C)C(C)=O)c(OC)c1. The summed E-state index contributed by atoms with van der Waals surface area (Å²) in [7, 11) is 2.93. The number of ether oxygens (including phenoxy) is 2. The largest absolute Gasteiger partial charge is 0.497 e. The molecule has 2 rings (SSSR count). The topological polar surface area (TPSA) is 80.6 Å². The number of carbonyl (C=O) groups is 2. The average molecular weight is 424 g/mol. The Bertz CT molecular complexity index is 918. The summed E-state index contributed by atoms with van der Waals surface area (Å²) in [4.78, 5) is 24.8. The van der Waals surface area contributed by atoms with Gasteiger partial charge in [-0.05, 0) is 43.7 Å². The number of rotatable bonds is 7. The van der Waals surface area contributed by atoms with E-state index in [1.165, 1.54) is 27.2 Å². The molecule has 0 aliphatic carbocycles. The molecule has 2 aromatic rings. The second-order valence-electron chi connectivity index (χ2n) is 5.82. The first-order valence-electron chi connectivity index (χ1n) is 8.17. The normalized spacial score (nSPS) is 11.9. The lowest BCUT2D eigenvalue weighted by molar-refractivity contribution is -0.126. The average Bonchev–Trinajstić information content (AvgIpc) is 2.69. The van der Waals surface area contributed by atoms with E-state index in [0.717, 1.165) is 9.98 Å². The summed E-state index contributed by atoms with van der Waals surface area (Å²) < 4.78 is 11.2. The van der Waals surface area contributed by atoms with E-state index in [4.69, 9.17) is 32.9 Å². The van der Waals surface area contributed by atoms with Crippen molar-refractivity contribution in [1.29, 1.82) is 0 Å². The van der Waals surface area contributed by atoms with Crippen molar-refractivity contribution in [1.82, 2.24) is 0 Å². The number of benzene rings is 2. The number of nitrogens with zero attached hydrogens (tertiary/aromatic N) is 3. The molecule has 0 spiro atoms. The van der Waals surface area contributed by atoms with Crippen LogP contribution in [0.4, 0.5) is 11.4 Å². The minimum Gasteiger partial charge on any atom is -0.497 e. The van der Waals surface area contributed by atoms with Crippen LogP contribution in [0.2, 0.25) is 5.02 Å². The highest BCUT2D eigenvalue weighted by Crippen LogP contribution is 2.34. The molecule has 1 atom stereocenters. The van der Waals surface area contributed by atoms with Crippen molar-refractivity contribution in [3.63, 3.8) is 0 Å². The van der Waals surface area contributed by atoms with E-state index in [-0.39, 0.29) is 5.69 Å². The predicted molar refractivity (Wildman–Crippen MR) is 108 cm³/mol. The van der Waals surface area contributed by atoms with Gasteiger partial charge in [0.25, 0.3) is 5.91 Å². The Balaban J connectivity index is 2.33. The van der Waals surface area contributed by atoms with Crippen LogP contribution in [0.1, 0.15) is 12.5 Å². The molecule has 7 nitrogen and oxygen atoms in total. The van der Waals surface area contributed by atoms with Crippen molar-refractivity contribution in [2.45, 2.75) is 19.9 Å². The molecule has 0 saturated heterocycles. The van der Waals surface area contributed by atoms with Crippen molar-refractivity contribution in [2.24, 2.45) is 10.2 Å². The van der Waals surface area contributed by atoms with E-state index in [1.54, 1.807) is 30.3 Å². The number of hydrogen-bond acceptors (Lipinski definition) is 6. The molecule has 0 saturated carbocycles. The standard InChI is InChI=1S/C19H19Cl2N3O4/c1-11-5-6-13(20)9-15(11)22-23-18(12(2)25)19(26)24(21)16-8-7-14(27-3)10-17(16)28-4/h5-10,18H,1-4H3. The van der Waals surface area contributed by atoms with Gasteiger partial charge in [0.1, 0.15) is 17.2 Å². The molecular weight excluding hydrogens is 405 g/mol. The van der Waals surface area contributed by atoms with Gasteiger partial charge >= 0.3 is 0 Å². The zero-order valence-corrected chi connectivity index (χ0v) is 17.3. The van der Waals surface area contributed by atoms with Gasteiger partial charge in [-0.15, -0.1) is 0 Å². The number of ketones is 1. The number of halogens is 2. The van der Waals surface area contributed by atoms with Crippen LogP contribution < -0.4 is 13.9 Å². The summed E-state index contributed by atoms with van der Waals surface area (Å²) >= 11 is 12.2. The maximum Gasteiger partial charge on any atom is 0.276 e. The summed E-state index contributed by atoms with van der Waals surface area (Å²) in [5, 5.41) is 8.39. The van der Waals surface area contributed by atoms with Crippen LogP contribution >= 0.6 is 23.4 Å². The summed E-state index contributed by atoms with van der Waals surface area (Å²) in [6, 6.07) is 8.36. The zero-order chi connectivity index (χ0) is 20.8. The summed E-state index contributed by atoms with van der Waals surface area (Å²) in [5.74, 6) is -0.447. The Morgan fingerprint density at radius 3 is 2.43 bits per heavy atom. The molecule has 0 bridgehead atoms. The van der Waals surface area contributed by atoms with Gasteiger partial charge in [-0.25, -0.2) is 4.42 Å². The summed E-state index contributed by atoms with van der Waals surface area (Å²) in [6.07, 6.45) is 0. The van der Waals surface area contributed by atoms with E-state index >= 15 is 0 Å². The third kappa shape index (κ3) is 4.99. The molecule has 1 unspecified atom stereocenters. The van der Waals surface area contributed by atoms with Gasteiger partial charge in [-0.1, -0.05) is 17.7 Å². The molecule has 0 aromatic heterocycles. The molecule has 0 aliphatic rings. The molecule has 148 valence electrons. The number of aryl methyl sites for hydroxylation is 1. The quantitative estimate of drug-likeness (QED) is 0.360. The zero-order valence-electron chi connectivity index (χ0n) is 15.8. The second-order valence-corrected chi connectivity index (χ2v) is 6.59. The Kier molecular flexibility index (Phi) is 7.37. The fraction of sp³-hybridized carbons (Fsp3) is 0.263. The number of anilines is 1. The third-order valence-electron chi connectivity index (χ3n) is 3.86. The van der Waals surface area contributed by atoms with Gasteiger partial charge in [0.2, 0.25) is 6.04 Å². The van der Waals surface area contributed by atoms with Crippen molar-refractivity contribution in [3.05, 3.63) is 47.0 Å². The highest BCUT2D eigenvalue weighted by Gasteiger charge is 2.30. The van der Waals surface area contributed by atoms with Crippen LogP contribution in [0.5, 0.6) is 11.5 Å². The van der Waals surface area contributed by atoms with Crippen LogP contribution in [0.25, 0.3) is 0 Å². The van der Waals surface area contributed by atoms with Crippen LogP contribution in [0, 0.1) is 6.92 Å². The monoisotopic (exact) mass is 423 g/mol. The molecule has 0 heterocycles. The number of azo groups is 1. The lowest BCUT2D eigenvalue weighted by atomic mass is 10.2. The molecule has 0 fully saturated rings. The van der Waals surface area contributed by atoms with E-state index in [9.17, 15) is 9.59 Å². The fourth-order valence-corrected chi connectivity index (χ4v) is 2.69. The predicted octanol–water partition coefficient (Wildman–Crippen LogP) is 4.89. The first-order valence-corrected chi connectivity index (χ1v) is 8.89. The Labute approximate surface area is 173 Å². The minimum absolute atomic E-state index is 0.246. The summed E-state index contributed by atoms with van der Waals surface area (Å²) in [5.41, 5.74) is 1.49. The second kappa shape index (κ2) is 9.52. The molecule has 0 radical (unpaired) electrons. The highest BCUT2D eigenvalue weighted by molar-refractivity contribution is 6.39. The van der Waals surface area contributed by atoms with Crippen molar-refractivity contribution < 1.29 is 19.1 Å². The Morgan fingerprint density at radius 2 is 1.82 bits per heavy atom. The van der Waals surface area contributed by atoms with Gasteiger partial charge in [0, 0.05) is 22.9 Å². The van der Waals surface area contributed by atoms with Crippen molar-refractivity contribution >= 4 is 46.4 Å². The lowest BCUT2D eigenvalue weighted by Crippen LogP contribution is -2.36. The number of hydrogen-bond donors (Lipinski definition) is 0. The van der Waals surface area contributed by atoms with E-state index in [1.807, 2.05) is 6.92 Å². The van der Waals surface area contributed by atoms with Crippen molar-refractivity contribution in [2.75, 3.05) is 18.6 Å². The summed E-state index contributed by atoms with van der Waals surface area (Å²) in [6.45, 7) is 3.05. The van der Waals surface area contributed by atoms with Crippen molar-refractivity contribution in [3.8, 4) is 11.5 Å². The number of amides is 1. The maximum atomic E-state index is 12.8. The van der Waals surface area contributed by atoms with E-state index in [0.29, 0.717) is 22.2 Å². The fourth-order valence-electron chi connectivity index (χ4n) is 2.29. The van der Waals surface area contributed by atoms with Crippen LogP contribution in [-0.4, -0.2) is 32.0 Å². The number of Topliss-reactive ketones (excluding diaryl/α,β-unsaturated/α-hetero) is 1. The maximum absolute atomic E-state index is 12.8. The van der Waals surface area contributed by atoms with Gasteiger partial charge in [-0.2, -0.15) is 10.2 Å². The molecule has 1 amide bonds. The van der Waals surface area contributed by atoms with Gasteiger partial charge in [-0.3, -0.25) is 9.59 Å². The van der Waals surface area contributed by atoms with Crippen LogP contribution in [-0.2, 0) is 9.59 Å². The van der Waals surface area contributed by atoms with Gasteiger partial charge in [0.05, 0.1) is 19.9 Å². The smallest absolute Gasteiger partial charge is 0.276 e. The first-order chi connectivity index (χ1) is 13.3.